The number of piperidine rings is 1. The van der Waals surface area contributed by atoms with Crippen molar-refractivity contribution in [3.05, 3.63) is 30.1 Å². The minimum absolute atomic E-state index is 0. The maximum absolute atomic E-state index is 12.8. The number of nitrogens with zero attached hydrogens (tertiary/aromatic N) is 2. The molecule has 24 heavy (non-hydrogen) atoms. The number of hydrogen-bond acceptors (Lipinski definition) is 3. The minimum atomic E-state index is -0.189. The van der Waals surface area contributed by atoms with Gasteiger partial charge in [-0.2, -0.15) is 0 Å². The second kappa shape index (κ2) is 12.8. The first-order chi connectivity index (χ1) is 11.3. The first-order valence-electron chi connectivity index (χ1n) is 8.33. The lowest BCUT2D eigenvalue weighted by molar-refractivity contribution is 0.232. The lowest BCUT2D eigenvalue weighted by atomic mass is 10.1. The SMILES string of the molecule is CN=C(NCCSc1ccc(F)cc1)NCCN1CCCCC1.I. The van der Waals surface area contributed by atoms with Crippen molar-refractivity contribution in [1.82, 2.24) is 15.5 Å². The molecule has 1 aliphatic heterocycles. The van der Waals surface area contributed by atoms with Crippen LogP contribution in [0.5, 0.6) is 0 Å². The van der Waals surface area contributed by atoms with Crippen LogP contribution < -0.4 is 10.6 Å². The van der Waals surface area contributed by atoms with Gasteiger partial charge in [0.2, 0.25) is 0 Å². The largest absolute Gasteiger partial charge is 0.356 e. The number of nitrogens with one attached hydrogen (secondary N) is 2. The number of guanidine groups is 1. The summed E-state index contributed by atoms with van der Waals surface area (Å²) < 4.78 is 12.8. The predicted octanol–water partition coefficient (Wildman–Crippen LogP) is 3.19. The molecule has 0 atom stereocenters. The number of thioether (sulfide) groups is 1. The van der Waals surface area contributed by atoms with Crippen LogP contribution in [-0.4, -0.2) is 56.4 Å². The van der Waals surface area contributed by atoms with E-state index >= 15 is 0 Å². The molecule has 4 nitrogen and oxygen atoms in total. The number of hydrogen-bond donors (Lipinski definition) is 2. The fourth-order valence-corrected chi connectivity index (χ4v) is 3.37. The van der Waals surface area contributed by atoms with Crippen LogP contribution in [-0.2, 0) is 0 Å². The van der Waals surface area contributed by atoms with E-state index in [1.54, 1.807) is 18.8 Å². The predicted molar refractivity (Wildman–Crippen MR) is 112 cm³/mol. The van der Waals surface area contributed by atoms with E-state index in [2.05, 4.69) is 20.5 Å². The Hall–Kier alpha value is -0.540. The molecule has 2 N–H and O–H groups in total. The molecule has 0 aromatic heterocycles. The quantitative estimate of drug-likeness (QED) is 0.213. The van der Waals surface area contributed by atoms with Crippen molar-refractivity contribution in [3.63, 3.8) is 0 Å². The first-order valence-corrected chi connectivity index (χ1v) is 9.32. The van der Waals surface area contributed by atoms with Gasteiger partial charge in [-0.3, -0.25) is 4.99 Å². The van der Waals surface area contributed by atoms with Crippen molar-refractivity contribution in [2.24, 2.45) is 4.99 Å². The molecule has 0 radical (unpaired) electrons. The second-order valence-corrected chi connectivity index (χ2v) is 6.80. The van der Waals surface area contributed by atoms with E-state index in [1.165, 1.54) is 44.5 Å². The maximum Gasteiger partial charge on any atom is 0.191 e. The van der Waals surface area contributed by atoms with Gasteiger partial charge in [0.25, 0.3) is 0 Å². The third-order valence-corrected chi connectivity index (χ3v) is 4.88. The molecule has 1 heterocycles. The van der Waals surface area contributed by atoms with E-state index in [1.807, 2.05) is 12.1 Å². The highest BCUT2D eigenvalue weighted by Crippen LogP contribution is 2.17. The van der Waals surface area contributed by atoms with Crippen LogP contribution in [0.25, 0.3) is 0 Å². The zero-order valence-electron chi connectivity index (χ0n) is 14.3. The van der Waals surface area contributed by atoms with Gasteiger partial charge in [0.15, 0.2) is 5.96 Å². The Bertz CT molecular complexity index is 478. The zero-order valence-corrected chi connectivity index (χ0v) is 17.4. The van der Waals surface area contributed by atoms with Gasteiger partial charge in [-0.15, -0.1) is 35.7 Å². The summed E-state index contributed by atoms with van der Waals surface area (Å²) in [5.74, 6) is 1.57. The minimum Gasteiger partial charge on any atom is -0.356 e. The van der Waals surface area contributed by atoms with Gasteiger partial charge < -0.3 is 15.5 Å². The van der Waals surface area contributed by atoms with Crippen molar-refractivity contribution >= 4 is 41.7 Å². The van der Waals surface area contributed by atoms with E-state index in [9.17, 15) is 4.39 Å². The smallest absolute Gasteiger partial charge is 0.191 e. The Morgan fingerprint density at radius 2 is 1.79 bits per heavy atom. The molecule has 0 saturated carbocycles. The molecule has 0 spiro atoms. The summed E-state index contributed by atoms with van der Waals surface area (Å²) in [5, 5.41) is 6.68. The van der Waals surface area contributed by atoms with Crippen LogP contribution in [0.2, 0.25) is 0 Å². The maximum atomic E-state index is 12.8. The molecule has 136 valence electrons. The first kappa shape index (κ1) is 21.5. The van der Waals surface area contributed by atoms with Crippen LogP contribution in [0.1, 0.15) is 19.3 Å². The van der Waals surface area contributed by atoms with Crippen LogP contribution in [0.3, 0.4) is 0 Å². The molecule has 0 unspecified atom stereocenters. The van der Waals surface area contributed by atoms with Gasteiger partial charge in [0, 0.05) is 37.3 Å². The van der Waals surface area contributed by atoms with Crippen molar-refractivity contribution in [2.75, 3.05) is 45.5 Å². The average Bonchev–Trinajstić information content (AvgIpc) is 2.59. The Morgan fingerprint density at radius 1 is 1.12 bits per heavy atom. The van der Waals surface area contributed by atoms with Gasteiger partial charge in [-0.1, -0.05) is 6.42 Å². The fourth-order valence-electron chi connectivity index (χ4n) is 2.61. The van der Waals surface area contributed by atoms with Crippen molar-refractivity contribution in [3.8, 4) is 0 Å². The fraction of sp³-hybridized carbons (Fsp3) is 0.588. The molecule has 1 fully saturated rings. The number of benzene rings is 1. The number of halogens is 2. The van der Waals surface area contributed by atoms with Crippen molar-refractivity contribution < 1.29 is 4.39 Å². The highest BCUT2D eigenvalue weighted by molar-refractivity contribution is 14.0. The monoisotopic (exact) mass is 466 g/mol. The summed E-state index contributed by atoms with van der Waals surface area (Å²) in [6.07, 6.45) is 4.03. The Balaban J connectivity index is 0.00000288. The molecular weight excluding hydrogens is 438 g/mol. The van der Waals surface area contributed by atoms with E-state index < -0.39 is 0 Å². The summed E-state index contributed by atoms with van der Waals surface area (Å²) in [7, 11) is 1.79. The Morgan fingerprint density at radius 3 is 2.46 bits per heavy atom. The highest BCUT2D eigenvalue weighted by atomic mass is 127. The number of rotatable bonds is 7. The molecule has 7 heteroatoms. The van der Waals surface area contributed by atoms with E-state index in [0.29, 0.717) is 0 Å². The number of likely N-dealkylation sites (tertiary alicyclic amines) is 1. The molecule has 0 amide bonds. The summed E-state index contributed by atoms with van der Waals surface area (Å²) in [6.45, 7) is 5.27. The Labute approximate surface area is 166 Å². The molecule has 0 aliphatic carbocycles. The topological polar surface area (TPSA) is 39.7 Å². The molecule has 1 saturated heterocycles. The van der Waals surface area contributed by atoms with Crippen molar-refractivity contribution in [2.45, 2.75) is 24.2 Å². The van der Waals surface area contributed by atoms with Crippen LogP contribution in [0, 0.1) is 5.82 Å². The average molecular weight is 466 g/mol. The molecule has 1 aromatic rings. The van der Waals surface area contributed by atoms with E-state index in [0.717, 1.165) is 36.2 Å². The standard InChI is InChI=1S/C17H27FN4S.HI/c1-19-17(20-9-13-22-11-3-2-4-12-22)21-10-14-23-16-7-5-15(18)6-8-16;/h5-8H,2-4,9-14H2,1H3,(H2,19,20,21);1H. The van der Waals surface area contributed by atoms with Gasteiger partial charge in [0.05, 0.1) is 0 Å². The van der Waals surface area contributed by atoms with Crippen molar-refractivity contribution in [1.29, 1.82) is 0 Å². The number of aliphatic imine (C=N–C) groups is 1. The molecule has 1 aliphatic rings. The van der Waals surface area contributed by atoms with E-state index in [4.69, 9.17) is 0 Å². The lowest BCUT2D eigenvalue weighted by Gasteiger charge is -2.26. The molecular formula is C17H28FIN4S. The summed E-state index contributed by atoms with van der Waals surface area (Å²) in [5.41, 5.74) is 0. The molecule has 2 rings (SSSR count). The van der Waals surface area contributed by atoms with Gasteiger partial charge in [-0.25, -0.2) is 4.39 Å². The third kappa shape index (κ3) is 8.53. The van der Waals surface area contributed by atoms with Gasteiger partial charge >= 0.3 is 0 Å². The lowest BCUT2D eigenvalue weighted by Crippen LogP contribution is -2.43. The summed E-state index contributed by atoms with van der Waals surface area (Å²) in [6, 6.07) is 6.62. The Kier molecular flexibility index (Phi) is 11.4. The zero-order chi connectivity index (χ0) is 16.3. The third-order valence-electron chi connectivity index (χ3n) is 3.87. The molecule has 0 bridgehead atoms. The van der Waals surface area contributed by atoms with Crippen LogP contribution in [0.15, 0.2) is 34.2 Å². The second-order valence-electron chi connectivity index (χ2n) is 5.63. The van der Waals surface area contributed by atoms with Gasteiger partial charge in [-0.05, 0) is 50.2 Å². The van der Waals surface area contributed by atoms with Gasteiger partial charge in [0.1, 0.15) is 5.82 Å². The highest BCUT2D eigenvalue weighted by Gasteiger charge is 2.09. The summed E-state index contributed by atoms with van der Waals surface area (Å²) in [4.78, 5) is 7.84. The van der Waals surface area contributed by atoms with Crippen LogP contribution >= 0.6 is 35.7 Å². The van der Waals surface area contributed by atoms with E-state index in [-0.39, 0.29) is 29.8 Å². The summed E-state index contributed by atoms with van der Waals surface area (Å²) >= 11 is 1.71. The van der Waals surface area contributed by atoms with Crippen LogP contribution in [0.4, 0.5) is 4.39 Å². The normalized spacial score (nSPS) is 15.7. The molecule has 1 aromatic carbocycles.